The second-order valence-electron chi connectivity index (χ2n) is 4.97. The van der Waals surface area contributed by atoms with Crippen molar-refractivity contribution >= 4 is 6.03 Å². The molecule has 0 saturated carbocycles. The van der Waals surface area contributed by atoms with E-state index in [9.17, 15) is 4.79 Å². The number of rotatable bonds is 3. The van der Waals surface area contributed by atoms with Crippen molar-refractivity contribution in [1.82, 2.24) is 10.2 Å². The van der Waals surface area contributed by atoms with Gasteiger partial charge in [0.15, 0.2) is 0 Å². The third kappa shape index (κ3) is 4.49. The van der Waals surface area contributed by atoms with E-state index in [0.717, 1.165) is 13.1 Å². The van der Waals surface area contributed by atoms with E-state index in [4.69, 9.17) is 0 Å². The molecule has 0 aromatic rings. The van der Waals surface area contributed by atoms with Crippen molar-refractivity contribution in [2.45, 2.75) is 34.6 Å². The van der Waals surface area contributed by atoms with Gasteiger partial charge in [-0.15, -0.1) is 0 Å². The number of nitrogens with zero attached hydrogens (tertiary/aromatic N) is 1. The molecule has 0 rings (SSSR count). The van der Waals surface area contributed by atoms with Gasteiger partial charge < -0.3 is 10.2 Å². The smallest absolute Gasteiger partial charge is 0.317 e. The number of carbonyl (C=O) groups excluding carboxylic acids is 1. The van der Waals surface area contributed by atoms with E-state index in [-0.39, 0.29) is 11.4 Å². The van der Waals surface area contributed by atoms with Gasteiger partial charge in [-0.05, 0) is 18.3 Å². The fourth-order valence-corrected chi connectivity index (χ4v) is 0.825. The lowest BCUT2D eigenvalue weighted by Gasteiger charge is -2.28. The minimum atomic E-state index is 0.0172. The van der Waals surface area contributed by atoms with Crippen molar-refractivity contribution in [3.63, 3.8) is 0 Å². The summed E-state index contributed by atoms with van der Waals surface area (Å²) in [5.41, 5.74) is 0.248. The van der Waals surface area contributed by atoms with Crippen molar-refractivity contribution in [1.29, 1.82) is 0 Å². The fourth-order valence-electron chi connectivity index (χ4n) is 0.825. The Labute approximate surface area is 87.9 Å². The predicted molar refractivity (Wildman–Crippen MR) is 60.3 cm³/mol. The van der Waals surface area contributed by atoms with Crippen LogP contribution in [0, 0.1) is 11.3 Å². The van der Waals surface area contributed by atoms with Crippen LogP contribution >= 0.6 is 0 Å². The lowest BCUT2D eigenvalue weighted by atomic mass is 9.82. The number of carbonyl (C=O) groups is 1. The Hall–Kier alpha value is -0.730. The van der Waals surface area contributed by atoms with Gasteiger partial charge in [0.05, 0.1) is 0 Å². The Morgan fingerprint density at radius 1 is 1.43 bits per heavy atom. The molecule has 14 heavy (non-hydrogen) atoms. The van der Waals surface area contributed by atoms with Gasteiger partial charge >= 0.3 is 6.03 Å². The lowest BCUT2D eigenvalue weighted by Crippen LogP contribution is -2.41. The molecule has 0 radical (unpaired) electrons. The second kappa shape index (κ2) is 5.23. The molecule has 0 aromatic carbocycles. The van der Waals surface area contributed by atoms with Crippen LogP contribution in [0.3, 0.4) is 0 Å². The van der Waals surface area contributed by atoms with Gasteiger partial charge in [-0.2, -0.15) is 0 Å². The molecule has 0 aromatic heterocycles. The molecule has 0 fully saturated rings. The van der Waals surface area contributed by atoms with Gasteiger partial charge in [0.25, 0.3) is 0 Å². The highest BCUT2D eigenvalue weighted by atomic mass is 16.2. The van der Waals surface area contributed by atoms with Crippen LogP contribution in [0.1, 0.15) is 34.6 Å². The molecule has 1 N–H and O–H groups in total. The summed E-state index contributed by atoms with van der Waals surface area (Å²) in [6.45, 7) is 12.2. The summed E-state index contributed by atoms with van der Waals surface area (Å²) < 4.78 is 0. The average Bonchev–Trinajstić information content (AvgIpc) is 2.10. The van der Waals surface area contributed by atoms with Crippen LogP contribution in [0.15, 0.2) is 0 Å². The molecule has 3 heteroatoms. The van der Waals surface area contributed by atoms with Gasteiger partial charge in [0.2, 0.25) is 0 Å². The third-order valence-corrected chi connectivity index (χ3v) is 2.86. The number of amides is 2. The maximum atomic E-state index is 11.4. The number of hydrogen-bond acceptors (Lipinski definition) is 1. The predicted octanol–water partition coefficient (Wildman–Crippen LogP) is 2.33. The first kappa shape index (κ1) is 13.3. The third-order valence-electron chi connectivity index (χ3n) is 2.86. The molecule has 0 saturated heterocycles. The zero-order valence-electron chi connectivity index (χ0n) is 10.3. The van der Waals surface area contributed by atoms with Crippen molar-refractivity contribution in [3.05, 3.63) is 0 Å². The van der Waals surface area contributed by atoms with Crippen LogP contribution < -0.4 is 5.32 Å². The van der Waals surface area contributed by atoms with E-state index in [1.165, 1.54) is 0 Å². The summed E-state index contributed by atoms with van der Waals surface area (Å²) in [5.74, 6) is 0.483. The van der Waals surface area contributed by atoms with Crippen molar-refractivity contribution < 1.29 is 4.79 Å². The SMILES string of the molecule is CCN(C)C(=O)NCC(C)C(C)(C)C. The Kier molecular flexibility index (Phi) is 4.95. The Bertz CT molecular complexity index is 184. The van der Waals surface area contributed by atoms with E-state index in [0.29, 0.717) is 5.92 Å². The molecular weight excluding hydrogens is 176 g/mol. The van der Waals surface area contributed by atoms with E-state index < -0.39 is 0 Å². The molecule has 1 unspecified atom stereocenters. The molecule has 2 amide bonds. The molecule has 84 valence electrons. The fraction of sp³-hybridized carbons (Fsp3) is 0.909. The zero-order valence-corrected chi connectivity index (χ0v) is 10.3. The van der Waals surface area contributed by atoms with E-state index in [1.807, 2.05) is 6.92 Å². The van der Waals surface area contributed by atoms with Crippen LogP contribution in [0.2, 0.25) is 0 Å². The molecule has 0 aliphatic heterocycles. The van der Waals surface area contributed by atoms with Crippen LogP contribution in [0.4, 0.5) is 4.79 Å². The van der Waals surface area contributed by atoms with Crippen molar-refractivity contribution in [2.75, 3.05) is 20.1 Å². The summed E-state index contributed by atoms with van der Waals surface area (Å²) >= 11 is 0. The molecule has 3 nitrogen and oxygen atoms in total. The van der Waals surface area contributed by atoms with Gasteiger partial charge in [0, 0.05) is 20.1 Å². The summed E-state index contributed by atoms with van der Waals surface area (Å²) in [6.07, 6.45) is 0. The highest BCUT2D eigenvalue weighted by Gasteiger charge is 2.20. The first-order valence-electron chi connectivity index (χ1n) is 5.28. The van der Waals surface area contributed by atoms with Gasteiger partial charge in [-0.3, -0.25) is 0 Å². The monoisotopic (exact) mass is 200 g/mol. The zero-order chi connectivity index (χ0) is 11.4. The minimum absolute atomic E-state index is 0.0172. The molecule has 0 spiro atoms. The lowest BCUT2D eigenvalue weighted by molar-refractivity contribution is 0.200. The van der Waals surface area contributed by atoms with Crippen molar-refractivity contribution in [3.8, 4) is 0 Å². The molecule has 0 aliphatic carbocycles. The first-order chi connectivity index (χ1) is 6.29. The van der Waals surface area contributed by atoms with E-state index in [1.54, 1.807) is 11.9 Å². The van der Waals surface area contributed by atoms with Crippen LogP contribution in [-0.4, -0.2) is 31.1 Å². The Morgan fingerprint density at radius 2 is 1.93 bits per heavy atom. The topological polar surface area (TPSA) is 32.3 Å². The number of hydrogen-bond donors (Lipinski definition) is 1. The average molecular weight is 200 g/mol. The second-order valence-corrected chi connectivity index (χ2v) is 4.97. The van der Waals surface area contributed by atoms with E-state index in [2.05, 4.69) is 33.0 Å². The van der Waals surface area contributed by atoms with E-state index >= 15 is 0 Å². The van der Waals surface area contributed by atoms with Crippen LogP contribution in [-0.2, 0) is 0 Å². The van der Waals surface area contributed by atoms with Crippen LogP contribution in [0.25, 0.3) is 0 Å². The van der Waals surface area contributed by atoms with Gasteiger partial charge in [0.1, 0.15) is 0 Å². The number of urea groups is 1. The standard InChI is InChI=1S/C11H24N2O/c1-7-13(6)10(14)12-8-9(2)11(3,4)5/h9H,7-8H2,1-6H3,(H,12,14). The molecule has 0 aliphatic rings. The summed E-state index contributed by atoms with van der Waals surface area (Å²) in [6, 6.07) is 0.0172. The Balaban J connectivity index is 3.89. The Morgan fingerprint density at radius 3 is 2.29 bits per heavy atom. The molecular formula is C11H24N2O. The number of nitrogens with one attached hydrogen (secondary N) is 1. The maximum absolute atomic E-state index is 11.4. The van der Waals surface area contributed by atoms with Crippen molar-refractivity contribution in [2.24, 2.45) is 11.3 Å². The normalized spacial score (nSPS) is 13.6. The summed E-state index contributed by atoms with van der Waals surface area (Å²) in [5, 5.41) is 2.93. The molecule has 1 atom stereocenters. The van der Waals surface area contributed by atoms with Gasteiger partial charge in [-0.1, -0.05) is 27.7 Å². The highest BCUT2D eigenvalue weighted by Crippen LogP contribution is 2.24. The summed E-state index contributed by atoms with van der Waals surface area (Å²) in [7, 11) is 1.80. The minimum Gasteiger partial charge on any atom is -0.338 e. The van der Waals surface area contributed by atoms with Gasteiger partial charge in [-0.25, -0.2) is 4.79 Å². The quantitative estimate of drug-likeness (QED) is 0.745. The van der Waals surface area contributed by atoms with Crippen LogP contribution in [0.5, 0.6) is 0 Å². The maximum Gasteiger partial charge on any atom is 0.317 e. The highest BCUT2D eigenvalue weighted by molar-refractivity contribution is 5.73. The largest absolute Gasteiger partial charge is 0.338 e. The summed E-state index contributed by atoms with van der Waals surface area (Å²) in [4.78, 5) is 13.1. The molecule has 0 bridgehead atoms. The molecule has 0 heterocycles. The first-order valence-corrected chi connectivity index (χ1v) is 5.28.